The van der Waals surface area contributed by atoms with Crippen molar-refractivity contribution in [1.29, 1.82) is 0 Å². The van der Waals surface area contributed by atoms with Crippen molar-refractivity contribution in [2.45, 2.75) is 50.7 Å². The second-order valence-electron chi connectivity index (χ2n) is 5.87. The second kappa shape index (κ2) is 6.39. The van der Waals surface area contributed by atoms with Crippen molar-refractivity contribution in [3.8, 4) is 0 Å². The van der Waals surface area contributed by atoms with Crippen LogP contribution in [0.25, 0.3) is 0 Å². The Hall–Kier alpha value is -1.69. The van der Waals surface area contributed by atoms with Gasteiger partial charge in [-0.15, -0.1) is 0 Å². The minimum atomic E-state index is -0.140. The van der Waals surface area contributed by atoms with Crippen molar-refractivity contribution in [3.63, 3.8) is 0 Å². The number of piperidine rings is 1. The molecule has 21 heavy (non-hydrogen) atoms. The Morgan fingerprint density at radius 2 is 2.05 bits per heavy atom. The topological polar surface area (TPSA) is 70.2 Å². The van der Waals surface area contributed by atoms with E-state index in [1.54, 1.807) is 7.05 Å². The first-order valence-corrected chi connectivity index (χ1v) is 7.80. The summed E-state index contributed by atoms with van der Waals surface area (Å²) in [4.78, 5) is 22.9. The van der Waals surface area contributed by atoms with Crippen LogP contribution in [0.15, 0.2) is 12.4 Å². The molecule has 1 aromatic rings. The molecule has 2 N–H and O–H groups in total. The van der Waals surface area contributed by atoms with Gasteiger partial charge in [0, 0.05) is 44.1 Å². The summed E-state index contributed by atoms with van der Waals surface area (Å²) >= 11 is 0. The van der Waals surface area contributed by atoms with E-state index < -0.39 is 0 Å². The van der Waals surface area contributed by atoms with Gasteiger partial charge in [-0.05, 0) is 32.1 Å². The summed E-state index contributed by atoms with van der Waals surface area (Å²) in [5, 5.41) is 6.19. The Morgan fingerprint density at radius 3 is 2.71 bits per heavy atom. The quantitative estimate of drug-likeness (QED) is 0.840. The zero-order valence-corrected chi connectivity index (χ0v) is 12.5. The van der Waals surface area contributed by atoms with E-state index in [1.807, 2.05) is 17.3 Å². The number of carbonyl (C=O) groups is 1. The number of likely N-dealkylation sites (N-methyl/N-ethyl adjacent to an activating group) is 1. The summed E-state index contributed by atoms with van der Waals surface area (Å²) in [6.07, 6.45) is 9.33. The summed E-state index contributed by atoms with van der Waals surface area (Å²) < 4.78 is 0. The van der Waals surface area contributed by atoms with Gasteiger partial charge in [-0.2, -0.15) is 0 Å². The number of nitrogens with one attached hydrogen (secondary N) is 2. The number of anilines is 1. The molecule has 1 amide bonds. The Labute approximate surface area is 125 Å². The molecular formula is C15H23N5O. The predicted molar refractivity (Wildman–Crippen MR) is 80.9 cm³/mol. The van der Waals surface area contributed by atoms with Gasteiger partial charge in [-0.1, -0.05) is 0 Å². The Morgan fingerprint density at radius 1 is 1.29 bits per heavy atom. The van der Waals surface area contributed by atoms with Crippen LogP contribution in [0, 0.1) is 0 Å². The highest BCUT2D eigenvalue weighted by atomic mass is 16.2. The van der Waals surface area contributed by atoms with Crippen molar-refractivity contribution in [1.82, 2.24) is 20.6 Å². The fraction of sp³-hybridized carbons (Fsp3) is 0.667. The maximum absolute atomic E-state index is 12.0. The third-order valence-electron chi connectivity index (χ3n) is 4.17. The van der Waals surface area contributed by atoms with Crippen LogP contribution in [0.4, 0.5) is 5.95 Å². The summed E-state index contributed by atoms with van der Waals surface area (Å²) in [5.41, 5.74) is 1.10. The maximum atomic E-state index is 12.0. The highest BCUT2D eigenvalue weighted by Crippen LogP contribution is 2.22. The first-order chi connectivity index (χ1) is 10.3. The van der Waals surface area contributed by atoms with Crippen molar-refractivity contribution in [3.05, 3.63) is 18.0 Å². The normalized spacial score (nSPS) is 22.1. The van der Waals surface area contributed by atoms with Gasteiger partial charge in [0.2, 0.25) is 11.9 Å². The van der Waals surface area contributed by atoms with Gasteiger partial charge in [0.05, 0.1) is 0 Å². The average Bonchev–Trinajstić information content (AvgIpc) is 3.37. The molecule has 3 rings (SSSR count). The van der Waals surface area contributed by atoms with Crippen LogP contribution < -0.4 is 15.5 Å². The number of carbonyl (C=O) groups excluding carboxylic acids is 1. The standard InChI is InChI=1S/C15H23N5O/c1-16-14(21)13-4-2-3-7-20(13)15-18-9-11(10-19-15)8-17-12-5-6-12/h9-10,12-13,17H,2-8H2,1H3,(H,16,21). The molecule has 1 aromatic heterocycles. The van der Waals surface area contributed by atoms with Crippen molar-refractivity contribution < 1.29 is 4.79 Å². The molecule has 0 radical (unpaired) electrons. The van der Waals surface area contributed by atoms with Gasteiger partial charge in [-0.25, -0.2) is 9.97 Å². The SMILES string of the molecule is CNC(=O)C1CCCCN1c1ncc(CNC2CC2)cn1. The fourth-order valence-corrected chi connectivity index (χ4v) is 2.75. The van der Waals surface area contributed by atoms with E-state index in [-0.39, 0.29) is 11.9 Å². The van der Waals surface area contributed by atoms with Crippen LogP contribution in [-0.2, 0) is 11.3 Å². The molecule has 114 valence electrons. The molecule has 0 bridgehead atoms. The highest BCUT2D eigenvalue weighted by Gasteiger charge is 2.29. The molecule has 1 unspecified atom stereocenters. The molecule has 1 aliphatic carbocycles. The molecule has 0 aromatic carbocycles. The van der Waals surface area contributed by atoms with Gasteiger partial charge in [0.15, 0.2) is 0 Å². The molecule has 2 fully saturated rings. The third-order valence-corrected chi connectivity index (χ3v) is 4.17. The van der Waals surface area contributed by atoms with Crippen LogP contribution in [0.1, 0.15) is 37.7 Å². The lowest BCUT2D eigenvalue weighted by molar-refractivity contribution is -0.122. The maximum Gasteiger partial charge on any atom is 0.242 e. The van der Waals surface area contributed by atoms with E-state index >= 15 is 0 Å². The van der Waals surface area contributed by atoms with Gasteiger partial charge < -0.3 is 15.5 Å². The van der Waals surface area contributed by atoms with E-state index in [0.29, 0.717) is 12.0 Å². The Bertz CT molecular complexity index is 485. The highest BCUT2D eigenvalue weighted by molar-refractivity contribution is 5.84. The number of hydrogen-bond donors (Lipinski definition) is 2. The monoisotopic (exact) mass is 289 g/mol. The Kier molecular flexibility index (Phi) is 4.34. The van der Waals surface area contributed by atoms with Gasteiger partial charge in [0.1, 0.15) is 6.04 Å². The van der Waals surface area contributed by atoms with E-state index in [2.05, 4.69) is 20.6 Å². The molecule has 1 saturated heterocycles. The van der Waals surface area contributed by atoms with Crippen LogP contribution in [0.2, 0.25) is 0 Å². The fourth-order valence-electron chi connectivity index (χ4n) is 2.75. The Balaban J connectivity index is 1.66. The second-order valence-corrected chi connectivity index (χ2v) is 5.87. The molecule has 6 nitrogen and oxygen atoms in total. The van der Waals surface area contributed by atoms with E-state index in [1.165, 1.54) is 12.8 Å². The number of aromatic nitrogens is 2. The first kappa shape index (κ1) is 14.3. The largest absolute Gasteiger partial charge is 0.357 e. The van der Waals surface area contributed by atoms with Crippen molar-refractivity contribution >= 4 is 11.9 Å². The minimum absolute atomic E-state index is 0.0535. The van der Waals surface area contributed by atoms with Gasteiger partial charge in [-0.3, -0.25) is 4.79 Å². The van der Waals surface area contributed by atoms with E-state index in [4.69, 9.17) is 0 Å². The van der Waals surface area contributed by atoms with Crippen LogP contribution in [-0.4, -0.2) is 41.6 Å². The van der Waals surface area contributed by atoms with Crippen LogP contribution in [0.5, 0.6) is 0 Å². The number of rotatable bonds is 5. The summed E-state index contributed by atoms with van der Waals surface area (Å²) in [7, 11) is 1.68. The molecular weight excluding hydrogens is 266 g/mol. The molecule has 1 atom stereocenters. The summed E-state index contributed by atoms with van der Waals surface area (Å²) in [5.74, 6) is 0.719. The minimum Gasteiger partial charge on any atom is -0.357 e. The van der Waals surface area contributed by atoms with Crippen LogP contribution in [0.3, 0.4) is 0 Å². The van der Waals surface area contributed by atoms with Crippen molar-refractivity contribution in [2.75, 3.05) is 18.5 Å². The predicted octanol–water partition coefficient (Wildman–Crippen LogP) is 0.833. The number of hydrogen-bond acceptors (Lipinski definition) is 5. The smallest absolute Gasteiger partial charge is 0.242 e. The molecule has 1 saturated carbocycles. The lowest BCUT2D eigenvalue weighted by atomic mass is 10.0. The zero-order chi connectivity index (χ0) is 14.7. The molecule has 2 heterocycles. The zero-order valence-electron chi connectivity index (χ0n) is 12.5. The third kappa shape index (κ3) is 3.50. The number of amides is 1. The molecule has 6 heteroatoms. The van der Waals surface area contributed by atoms with Gasteiger partial charge in [0.25, 0.3) is 0 Å². The van der Waals surface area contributed by atoms with Crippen molar-refractivity contribution in [2.24, 2.45) is 0 Å². The lowest BCUT2D eigenvalue weighted by Gasteiger charge is -2.34. The first-order valence-electron chi connectivity index (χ1n) is 7.80. The van der Waals surface area contributed by atoms with E-state index in [0.717, 1.165) is 37.9 Å². The number of nitrogens with zero attached hydrogens (tertiary/aromatic N) is 3. The lowest BCUT2D eigenvalue weighted by Crippen LogP contribution is -2.49. The summed E-state index contributed by atoms with van der Waals surface area (Å²) in [6, 6.07) is 0.545. The molecule has 2 aliphatic rings. The van der Waals surface area contributed by atoms with Crippen LogP contribution >= 0.6 is 0 Å². The summed E-state index contributed by atoms with van der Waals surface area (Å²) in [6.45, 7) is 1.67. The van der Waals surface area contributed by atoms with Gasteiger partial charge >= 0.3 is 0 Å². The average molecular weight is 289 g/mol. The molecule has 0 spiro atoms. The molecule has 1 aliphatic heterocycles. The van der Waals surface area contributed by atoms with E-state index in [9.17, 15) is 4.79 Å².